The summed E-state index contributed by atoms with van der Waals surface area (Å²) in [6.07, 6.45) is 5.49. The summed E-state index contributed by atoms with van der Waals surface area (Å²) in [5, 5.41) is 7.58. The second kappa shape index (κ2) is 8.71. The van der Waals surface area contributed by atoms with Crippen molar-refractivity contribution in [2.24, 2.45) is 0 Å². The number of hydrogen-bond donors (Lipinski definition) is 3. The number of pyridine rings is 1. The number of anilines is 3. The highest BCUT2D eigenvalue weighted by Crippen LogP contribution is 2.34. The van der Waals surface area contributed by atoms with Crippen LogP contribution in [0, 0.1) is 6.92 Å². The summed E-state index contributed by atoms with van der Waals surface area (Å²) < 4.78 is 5.39. The summed E-state index contributed by atoms with van der Waals surface area (Å²) >= 11 is 0. The van der Waals surface area contributed by atoms with Gasteiger partial charge in [0, 0.05) is 16.9 Å². The molecule has 4 aromatic rings. The monoisotopic (exact) mass is 446 g/mol. The summed E-state index contributed by atoms with van der Waals surface area (Å²) in [4.78, 5) is 38.2. The highest BCUT2D eigenvalue weighted by atomic mass is 16.7. The lowest BCUT2D eigenvalue weighted by molar-refractivity contribution is -0.0614. The Morgan fingerprint density at radius 3 is 2.94 bits per heavy atom. The number of nitrogens with one attached hydrogen (secondary N) is 3. The fourth-order valence-corrected chi connectivity index (χ4v) is 3.56. The van der Waals surface area contributed by atoms with E-state index >= 15 is 0 Å². The minimum atomic E-state index is -0.298. The lowest BCUT2D eigenvalue weighted by Crippen LogP contribution is -2.31. The van der Waals surface area contributed by atoms with Gasteiger partial charge in [0.1, 0.15) is 29.1 Å². The maximum Gasteiger partial charge on any atom is 0.345 e. The molecule has 1 saturated heterocycles. The number of amides is 2. The Bertz CT molecular complexity index is 1320. The molecule has 0 spiro atoms. The zero-order valence-corrected chi connectivity index (χ0v) is 18.1. The molecule has 0 atom stereocenters. The number of benzene rings is 1. The highest BCUT2D eigenvalue weighted by molar-refractivity contribution is 5.93. The fourth-order valence-electron chi connectivity index (χ4n) is 3.56. The van der Waals surface area contributed by atoms with Gasteiger partial charge >= 0.3 is 6.03 Å². The SMILES string of the molecule is COc1cnc(Nc2cc(NC(=O)N3CCCO3)ccc2C)c(-c2ncnc3nc[nH]c23)c1. The molecule has 1 aliphatic rings. The van der Waals surface area contributed by atoms with Crippen LogP contribution in [0.15, 0.2) is 43.1 Å². The number of aryl methyl sites for hydroxylation is 1. The van der Waals surface area contributed by atoms with E-state index in [4.69, 9.17) is 9.57 Å². The largest absolute Gasteiger partial charge is 0.495 e. The Kier molecular flexibility index (Phi) is 5.45. The summed E-state index contributed by atoms with van der Waals surface area (Å²) in [6, 6.07) is 7.17. The normalized spacial score (nSPS) is 13.3. The van der Waals surface area contributed by atoms with E-state index in [0.29, 0.717) is 52.8 Å². The predicted molar refractivity (Wildman–Crippen MR) is 122 cm³/mol. The molecule has 0 saturated carbocycles. The minimum absolute atomic E-state index is 0.298. The molecule has 4 heterocycles. The maximum atomic E-state index is 12.4. The highest BCUT2D eigenvalue weighted by Gasteiger charge is 2.20. The van der Waals surface area contributed by atoms with Gasteiger partial charge in [0.25, 0.3) is 0 Å². The quantitative estimate of drug-likeness (QED) is 0.424. The average Bonchev–Trinajstić information content (AvgIpc) is 3.53. The van der Waals surface area contributed by atoms with Crippen LogP contribution in [-0.2, 0) is 4.84 Å². The molecule has 0 unspecified atom stereocenters. The molecular formula is C22H22N8O3. The lowest BCUT2D eigenvalue weighted by Gasteiger charge is -2.17. The number of urea groups is 1. The van der Waals surface area contributed by atoms with Crippen LogP contribution in [-0.4, -0.2) is 56.3 Å². The standard InChI is InChI=1S/C22H22N8O3/c1-13-4-5-14(28-22(31)30-6-3-7-33-30)8-17(13)29-20-16(9-15(32-2)10-23-20)18-19-21(26-11-24-18)27-12-25-19/h4-5,8-12H,3,6-7H2,1-2H3,(H,23,29)(H,28,31)(H,24,25,26,27). The first-order valence-electron chi connectivity index (χ1n) is 10.4. The van der Waals surface area contributed by atoms with E-state index < -0.39 is 0 Å². The summed E-state index contributed by atoms with van der Waals surface area (Å²) in [7, 11) is 1.58. The van der Waals surface area contributed by atoms with Crippen molar-refractivity contribution >= 4 is 34.4 Å². The molecule has 0 aliphatic carbocycles. The number of nitrogens with zero attached hydrogens (tertiary/aromatic N) is 5. The van der Waals surface area contributed by atoms with Gasteiger partial charge in [-0.3, -0.25) is 4.84 Å². The molecule has 11 heteroatoms. The van der Waals surface area contributed by atoms with Crippen LogP contribution in [0.4, 0.5) is 22.0 Å². The number of carbonyl (C=O) groups is 1. The van der Waals surface area contributed by atoms with Crippen molar-refractivity contribution in [3.63, 3.8) is 0 Å². The number of H-pyrrole nitrogens is 1. The van der Waals surface area contributed by atoms with E-state index in [1.807, 2.05) is 31.2 Å². The molecule has 1 aliphatic heterocycles. The van der Waals surface area contributed by atoms with E-state index in [-0.39, 0.29) is 6.03 Å². The summed E-state index contributed by atoms with van der Waals surface area (Å²) in [6.45, 7) is 3.09. The average molecular weight is 446 g/mol. The molecule has 3 aromatic heterocycles. The smallest absolute Gasteiger partial charge is 0.345 e. The second-order valence-corrected chi connectivity index (χ2v) is 7.47. The van der Waals surface area contributed by atoms with Crippen molar-refractivity contribution in [1.29, 1.82) is 0 Å². The van der Waals surface area contributed by atoms with Crippen LogP contribution < -0.4 is 15.4 Å². The van der Waals surface area contributed by atoms with Gasteiger partial charge < -0.3 is 20.4 Å². The number of imidazole rings is 1. The molecule has 11 nitrogen and oxygen atoms in total. The Hall–Kier alpha value is -4.25. The van der Waals surface area contributed by atoms with Crippen LogP contribution in [0.2, 0.25) is 0 Å². The van der Waals surface area contributed by atoms with Crippen LogP contribution >= 0.6 is 0 Å². The number of aromatic nitrogens is 5. The Morgan fingerprint density at radius 1 is 1.21 bits per heavy atom. The van der Waals surface area contributed by atoms with Gasteiger partial charge in [0.15, 0.2) is 5.65 Å². The number of fused-ring (bicyclic) bond motifs is 1. The van der Waals surface area contributed by atoms with Crippen molar-refractivity contribution in [2.75, 3.05) is 30.9 Å². The van der Waals surface area contributed by atoms with E-state index in [1.165, 1.54) is 11.4 Å². The molecule has 168 valence electrons. The van der Waals surface area contributed by atoms with Crippen molar-refractivity contribution in [3.8, 4) is 17.0 Å². The molecule has 3 N–H and O–H groups in total. The molecule has 1 fully saturated rings. The number of aromatic amines is 1. The Morgan fingerprint density at radius 2 is 2.12 bits per heavy atom. The maximum absolute atomic E-state index is 12.4. The lowest BCUT2D eigenvalue weighted by atomic mass is 10.1. The first-order chi connectivity index (χ1) is 16.1. The third kappa shape index (κ3) is 4.13. The van der Waals surface area contributed by atoms with Crippen molar-refractivity contribution in [3.05, 3.63) is 48.7 Å². The summed E-state index contributed by atoms with van der Waals surface area (Å²) in [5.41, 5.74) is 4.99. The molecule has 0 radical (unpaired) electrons. The van der Waals surface area contributed by atoms with Crippen LogP contribution in [0.25, 0.3) is 22.4 Å². The molecule has 1 aromatic carbocycles. The molecule has 5 rings (SSSR count). The van der Waals surface area contributed by atoms with Gasteiger partial charge in [-0.25, -0.2) is 29.8 Å². The molecule has 0 bridgehead atoms. The van der Waals surface area contributed by atoms with E-state index in [9.17, 15) is 4.79 Å². The zero-order chi connectivity index (χ0) is 22.8. The first kappa shape index (κ1) is 20.6. The fraction of sp³-hybridized carbons (Fsp3) is 0.227. The number of ether oxygens (including phenoxy) is 1. The number of hydroxylamine groups is 2. The van der Waals surface area contributed by atoms with E-state index in [0.717, 1.165) is 17.7 Å². The number of carbonyl (C=O) groups excluding carboxylic acids is 1. The third-order valence-corrected chi connectivity index (χ3v) is 5.30. The van der Waals surface area contributed by atoms with Crippen LogP contribution in [0.1, 0.15) is 12.0 Å². The number of hydrogen-bond acceptors (Lipinski definition) is 8. The van der Waals surface area contributed by atoms with E-state index in [2.05, 4.69) is 35.6 Å². The Labute approximate surface area is 189 Å². The minimum Gasteiger partial charge on any atom is -0.495 e. The number of rotatable bonds is 5. The molecule has 2 amide bonds. The van der Waals surface area contributed by atoms with Crippen molar-refractivity contribution in [1.82, 2.24) is 30.0 Å². The number of methoxy groups -OCH3 is 1. The third-order valence-electron chi connectivity index (χ3n) is 5.30. The zero-order valence-electron chi connectivity index (χ0n) is 18.1. The van der Waals surface area contributed by atoms with E-state index in [1.54, 1.807) is 19.6 Å². The van der Waals surface area contributed by atoms with Crippen LogP contribution in [0.3, 0.4) is 0 Å². The first-order valence-corrected chi connectivity index (χ1v) is 10.4. The van der Waals surface area contributed by atoms with Gasteiger partial charge in [0.2, 0.25) is 0 Å². The predicted octanol–water partition coefficient (Wildman–Crippen LogP) is 3.64. The topological polar surface area (TPSA) is 130 Å². The summed E-state index contributed by atoms with van der Waals surface area (Å²) in [5.74, 6) is 1.16. The van der Waals surface area contributed by atoms with Crippen LogP contribution in [0.5, 0.6) is 5.75 Å². The second-order valence-electron chi connectivity index (χ2n) is 7.47. The van der Waals surface area contributed by atoms with Crippen molar-refractivity contribution in [2.45, 2.75) is 13.3 Å². The van der Waals surface area contributed by atoms with Gasteiger partial charge in [0.05, 0.1) is 32.8 Å². The van der Waals surface area contributed by atoms with Gasteiger partial charge in [-0.05, 0) is 37.1 Å². The Balaban J connectivity index is 1.49. The van der Waals surface area contributed by atoms with Gasteiger partial charge in [-0.15, -0.1) is 0 Å². The molecular weight excluding hydrogens is 424 g/mol. The van der Waals surface area contributed by atoms with Crippen molar-refractivity contribution < 1.29 is 14.4 Å². The molecule has 33 heavy (non-hydrogen) atoms. The van der Waals surface area contributed by atoms with Gasteiger partial charge in [-0.2, -0.15) is 0 Å². The van der Waals surface area contributed by atoms with Gasteiger partial charge in [-0.1, -0.05) is 6.07 Å².